The van der Waals surface area contributed by atoms with E-state index in [9.17, 15) is 14.4 Å². The van der Waals surface area contributed by atoms with Gasteiger partial charge in [-0.15, -0.1) is 0 Å². The number of amides is 1. The van der Waals surface area contributed by atoms with Crippen LogP contribution in [0.25, 0.3) is 0 Å². The number of rotatable bonds is 9. The molecule has 0 rings (SSSR count). The second-order valence-corrected chi connectivity index (χ2v) is 4.45. The van der Waals surface area contributed by atoms with Gasteiger partial charge >= 0.3 is 0 Å². The smallest absolute Gasteiger partial charge is 0.232 e. The molecule has 0 bridgehead atoms. The highest BCUT2D eigenvalue weighted by molar-refractivity contribution is 5.92. The van der Waals surface area contributed by atoms with Crippen molar-refractivity contribution < 1.29 is 14.4 Å². The summed E-state index contributed by atoms with van der Waals surface area (Å²) < 4.78 is 0. The Morgan fingerprint density at radius 3 is 2.41 bits per heavy atom. The topological polar surface area (TPSA) is 54.5 Å². The van der Waals surface area contributed by atoms with Crippen LogP contribution in [-0.4, -0.2) is 36.5 Å². The molecule has 0 N–H and O–H groups in total. The van der Waals surface area contributed by atoms with Crippen molar-refractivity contribution >= 4 is 18.0 Å². The van der Waals surface area contributed by atoms with Gasteiger partial charge in [0.2, 0.25) is 5.91 Å². The van der Waals surface area contributed by atoms with Crippen molar-refractivity contribution in [3.63, 3.8) is 0 Å². The quantitative estimate of drug-likeness (QED) is 0.351. The van der Waals surface area contributed by atoms with E-state index in [1.165, 1.54) is 6.92 Å². The van der Waals surface area contributed by atoms with Gasteiger partial charge in [-0.2, -0.15) is 0 Å². The van der Waals surface area contributed by atoms with Gasteiger partial charge in [-0.1, -0.05) is 19.8 Å². The summed E-state index contributed by atoms with van der Waals surface area (Å²) >= 11 is 0. The molecule has 0 radical (unpaired) electrons. The van der Waals surface area contributed by atoms with Crippen LogP contribution in [0, 0.1) is 5.92 Å². The average molecular weight is 241 g/mol. The van der Waals surface area contributed by atoms with Gasteiger partial charge in [-0.25, -0.2) is 0 Å². The summed E-state index contributed by atoms with van der Waals surface area (Å²) in [5.41, 5.74) is 0. The van der Waals surface area contributed by atoms with Gasteiger partial charge in [0, 0.05) is 20.0 Å². The molecule has 0 saturated carbocycles. The molecule has 1 amide bonds. The lowest BCUT2D eigenvalue weighted by Gasteiger charge is -2.20. The number of carbonyl (C=O) groups is 3. The van der Waals surface area contributed by atoms with E-state index < -0.39 is 5.92 Å². The van der Waals surface area contributed by atoms with E-state index in [1.54, 1.807) is 11.9 Å². The van der Waals surface area contributed by atoms with E-state index in [0.29, 0.717) is 19.3 Å². The minimum atomic E-state index is -0.662. The molecule has 4 heteroatoms. The number of aldehydes is 1. The molecule has 0 aliphatic heterocycles. The van der Waals surface area contributed by atoms with E-state index >= 15 is 0 Å². The SMILES string of the molecule is CCCCCN(C)C(=O)[C@@H](C=O)CCC(C)=O. The van der Waals surface area contributed by atoms with Crippen molar-refractivity contribution in [2.75, 3.05) is 13.6 Å². The molecule has 0 heterocycles. The maximum Gasteiger partial charge on any atom is 0.232 e. The fourth-order valence-electron chi connectivity index (χ4n) is 1.60. The maximum atomic E-state index is 11.9. The summed E-state index contributed by atoms with van der Waals surface area (Å²) in [5, 5.41) is 0. The highest BCUT2D eigenvalue weighted by Crippen LogP contribution is 2.09. The van der Waals surface area contributed by atoms with Crippen LogP contribution in [0.4, 0.5) is 0 Å². The number of ketones is 1. The van der Waals surface area contributed by atoms with Gasteiger partial charge < -0.3 is 14.5 Å². The normalized spacial score (nSPS) is 11.9. The van der Waals surface area contributed by atoms with E-state index in [0.717, 1.165) is 19.3 Å². The van der Waals surface area contributed by atoms with Gasteiger partial charge in [0.15, 0.2) is 0 Å². The summed E-state index contributed by atoms with van der Waals surface area (Å²) in [6.45, 7) is 4.25. The lowest BCUT2D eigenvalue weighted by Crippen LogP contribution is -2.34. The van der Waals surface area contributed by atoms with Crippen LogP contribution in [0.2, 0.25) is 0 Å². The first-order chi connectivity index (χ1) is 8.02. The van der Waals surface area contributed by atoms with Gasteiger partial charge in [0.25, 0.3) is 0 Å². The van der Waals surface area contributed by atoms with Gasteiger partial charge in [0.1, 0.15) is 12.1 Å². The molecule has 0 aromatic carbocycles. The van der Waals surface area contributed by atoms with E-state index in [1.807, 2.05) is 0 Å². The fraction of sp³-hybridized carbons (Fsp3) is 0.769. The zero-order valence-corrected chi connectivity index (χ0v) is 11.1. The molecule has 0 unspecified atom stereocenters. The van der Waals surface area contributed by atoms with E-state index in [-0.39, 0.29) is 18.1 Å². The molecular weight excluding hydrogens is 218 g/mol. The number of carbonyl (C=O) groups excluding carboxylic acids is 3. The minimum absolute atomic E-state index is 0.0123. The molecule has 0 saturated heterocycles. The maximum absolute atomic E-state index is 11.9. The predicted octanol–water partition coefficient (Wildman–Crippen LogP) is 1.82. The lowest BCUT2D eigenvalue weighted by molar-refractivity contribution is -0.137. The molecule has 0 spiro atoms. The molecule has 0 aromatic rings. The second-order valence-electron chi connectivity index (χ2n) is 4.45. The number of nitrogens with zero attached hydrogens (tertiary/aromatic N) is 1. The molecule has 0 aliphatic rings. The molecule has 0 fully saturated rings. The van der Waals surface area contributed by atoms with E-state index in [4.69, 9.17) is 0 Å². The summed E-state index contributed by atoms with van der Waals surface area (Å²) in [6.07, 6.45) is 4.41. The molecular formula is C13H23NO3. The molecule has 4 nitrogen and oxygen atoms in total. The Morgan fingerprint density at radius 2 is 1.94 bits per heavy atom. The van der Waals surface area contributed by atoms with Crippen LogP contribution in [0.15, 0.2) is 0 Å². The third-order valence-electron chi connectivity index (χ3n) is 2.76. The monoisotopic (exact) mass is 241 g/mol. The molecule has 17 heavy (non-hydrogen) atoms. The average Bonchev–Trinajstić information content (AvgIpc) is 2.29. The molecule has 0 aromatic heterocycles. The zero-order valence-electron chi connectivity index (χ0n) is 11.1. The van der Waals surface area contributed by atoms with Crippen molar-refractivity contribution in [2.24, 2.45) is 5.92 Å². The predicted molar refractivity (Wildman–Crippen MR) is 66.6 cm³/mol. The Morgan fingerprint density at radius 1 is 1.29 bits per heavy atom. The molecule has 98 valence electrons. The van der Waals surface area contributed by atoms with Crippen molar-refractivity contribution in [1.82, 2.24) is 4.90 Å². The summed E-state index contributed by atoms with van der Waals surface area (Å²) in [6, 6.07) is 0. The second kappa shape index (κ2) is 8.90. The summed E-state index contributed by atoms with van der Waals surface area (Å²) in [5.74, 6) is -0.818. The molecule has 1 atom stereocenters. The Hall–Kier alpha value is -1.19. The van der Waals surface area contributed by atoms with Crippen molar-refractivity contribution in [3.05, 3.63) is 0 Å². The first kappa shape index (κ1) is 15.8. The standard InChI is InChI=1S/C13H23NO3/c1-4-5-6-9-14(3)13(17)12(10-15)8-7-11(2)16/h10,12H,4-9H2,1-3H3/t12-/m1/s1. The van der Waals surface area contributed by atoms with Crippen LogP contribution in [0.1, 0.15) is 46.0 Å². The summed E-state index contributed by atoms with van der Waals surface area (Å²) in [7, 11) is 1.71. The Kier molecular flexibility index (Phi) is 8.28. The largest absolute Gasteiger partial charge is 0.345 e. The van der Waals surface area contributed by atoms with E-state index in [2.05, 4.69) is 6.92 Å². The summed E-state index contributed by atoms with van der Waals surface area (Å²) in [4.78, 5) is 35.1. The van der Waals surface area contributed by atoms with Crippen molar-refractivity contribution in [1.29, 1.82) is 0 Å². The number of hydrogen-bond donors (Lipinski definition) is 0. The highest BCUT2D eigenvalue weighted by atomic mass is 16.2. The number of Topliss-reactive ketones (excluding diaryl/α,β-unsaturated/α-hetero) is 1. The molecule has 0 aliphatic carbocycles. The van der Waals surface area contributed by atoms with Gasteiger partial charge in [0.05, 0.1) is 5.92 Å². The van der Waals surface area contributed by atoms with Crippen LogP contribution >= 0.6 is 0 Å². The van der Waals surface area contributed by atoms with Crippen LogP contribution in [0.3, 0.4) is 0 Å². The Balaban J connectivity index is 4.12. The number of unbranched alkanes of at least 4 members (excludes halogenated alkanes) is 2. The van der Waals surface area contributed by atoms with Crippen LogP contribution in [-0.2, 0) is 14.4 Å². The lowest BCUT2D eigenvalue weighted by atomic mass is 10.0. The Labute approximate surface area is 103 Å². The first-order valence-electron chi connectivity index (χ1n) is 6.22. The van der Waals surface area contributed by atoms with Crippen LogP contribution in [0.5, 0.6) is 0 Å². The zero-order chi connectivity index (χ0) is 13.3. The Bertz CT molecular complexity index is 263. The van der Waals surface area contributed by atoms with Crippen molar-refractivity contribution in [2.45, 2.75) is 46.0 Å². The van der Waals surface area contributed by atoms with Crippen LogP contribution < -0.4 is 0 Å². The van der Waals surface area contributed by atoms with Gasteiger partial charge in [-0.3, -0.25) is 4.79 Å². The number of hydrogen-bond acceptors (Lipinski definition) is 3. The first-order valence-corrected chi connectivity index (χ1v) is 6.22. The highest BCUT2D eigenvalue weighted by Gasteiger charge is 2.21. The third kappa shape index (κ3) is 6.87. The fourth-order valence-corrected chi connectivity index (χ4v) is 1.60. The van der Waals surface area contributed by atoms with Gasteiger partial charge in [-0.05, 0) is 19.8 Å². The van der Waals surface area contributed by atoms with Crippen molar-refractivity contribution in [3.8, 4) is 0 Å². The minimum Gasteiger partial charge on any atom is -0.345 e. The third-order valence-corrected chi connectivity index (χ3v) is 2.76.